The van der Waals surface area contributed by atoms with E-state index in [1.54, 1.807) is 0 Å². The van der Waals surface area contributed by atoms with Crippen molar-refractivity contribution >= 4 is 22.0 Å². The first-order valence-electron chi connectivity index (χ1n) is 7.90. The van der Waals surface area contributed by atoms with E-state index in [9.17, 15) is 23.1 Å². The summed E-state index contributed by atoms with van der Waals surface area (Å²) in [5, 5.41) is 9.26. The largest absolute Gasteiger partial charge is 0.493 e. The molecule has 0 spiro atoms. The van der Waals surface area contributed by atoms with Crippen LogP contribution in [0.3, 0.4) is 0 Å². The Labute approximate surface area is 146 Å². The van der Waals surface area contributed by atoms with Crippen LogP contribution in [0, 0.1) is 0 Å². The number of aliphatic carboxylic acids is 1. The van der Waals surface area contributed by atoms with Crippen LogP contribution in [-0.2, 0) is 24.3 Å². The maximum Gasteiger partial charge on any atom is 0.322 e. The minimum absolute atomic E-state index is 0.0148. The molecule has 1 aliphatic heterocycles. The summed E-state index contributed by atoms with van der Waals surface area (Å²) in [5.74, 6) is -1.12. The van der Waals surface area contributed by atoms with Gasteiger partial charge in [0.05, 0.1) is 25.0 Å². The number of nitrogens with zero attached hydrogens (tertiary/aromatic N) is 1. The number of ether oxygens (including phenoxy) is 2. The first-order valence-corrected chi connectivity index (χ1v) is 9.34. The van der Waals surface area contributed by atoms with Gasteiger partial charge in [-0.05, 0) is 43.5 Å². The molecule has 1 heterocycles. The SMILES string of the molecule is COC(=O)CCOc1ccc(S(=O)(=O)N2CCCCC2C(=O)O)cc1. The second-order valence-corrected chi connectivity index (χ2v) is 7.50. The average molecular weight is 371 g/mol. The molecule has 0 radical (unpaired) electrons. The highest BCUT2D eigenvalue weighted by Crippen LogP contribution is 2.26. The highest BCUT2D eigenvalue weighted by atomic mass is 32.2. The van der Waals surface area contributed by atoms with Gasteiger partial charge in [0.25, 0.3) is 0 Å². The Bertz CT molecular complexity index is 715. The summed E-state index contributed by atoms with van der Waals surface area (Å²) in [5.41, 5.74) is 0. The Kier molecular flexibility index (Phi) is 6.38. The van der Waals surface area contributed by atoms with Crippen molar-refractivity contribution in [3.8, 4) is 5.75 Å². The van der Waals surface area contributed by atoms with Gasteiger partial charge in [0, 0.05) is 6.54 Å². The average Bonchev–Trinajstić information content (AvgIpc) is 2.62. The molecule has 0 aromatic heterocycles. The van der Waals surface area contributed by atoms with E-state index in [0.29, 0.717) is 25.0 Å². The molecule has 25 heavy (non-hydrogen) atoms. The van der Waals surface area contributed by atoms with Crippen LogP contribution in [0.5, 0.6) is 5.75 Å². The first-order chi connectivity index (χ1) is 11.9. The van der Waals surface area contributed by atoms with Crippen molar-refractivity contribution in [3.05, 3.63) is 24.3 Å². The molecule has 1 saturated heterocycles. The lowest BCUT2D eigenvalue weighted by atomic mass is 10.1. The van der Waals surface area contributed by atoms with Crippen molar-refractivity contribution < 1.29 is 32.6 Å². The molecule has 1 unspecified atom stereocenters. The number of benzene rings is 1. The monoisotopic (exact) mass is 371 g/mol. The van der Waals surface area contributed by atoms with E-state index >= 15 is 0 Å². The molecular formula is C16H21NO7S. The molecule has 1 aromatic carbocycles. The Morgan fingerprint density at radius 3 is 2.52 bits per heavy atom. The third-order valence-electron chi connectivity index (χ3n) is 3.97. The maximum absolute atomic E-state index is 12.7. The van der Waals surface area contributed by atoms with Crippen LogP contribution in [-0.4, -0.2) is 56.1 Å². The van der Waals surface area contributed by atoms with Crippen molar-refractivity contribution in [1.82, 2.24) is 4.31 Å². The Morgan fingerprint density at radius 2 is 1.92 bits per heavy atom. The number of carbonyl (C=O) groups is 2. The second kappa shape index (κ2) is 8.30. The predicted octanol–water partition coefficient (Wildman–Crippen LogP) is 1.26. The number of sulfonamides is 1. The van der Waals surface area contributed by atoms with E-state index in [2.05, 4.69) is 4.74 Å². The number of carboxylic acids is 1. The van der Waals surface area contributed by atoms with Crippen molar-refractivity contribution in [1.29, 1.82) is 0 Å². The summed E-state index contributed by atoms with van der Waals surface area (Å²) in [6, 6.07) is 4.66. The lowest BCUT2D eigenvalue weighted by molar-refractivity contribution is -0.142. The summed E-state index contributed by atoms with van der Waals surface area (Å²) in [4.78, 5) is 22.4. The number of esters is 1. The number of carbonyl (C=O) groups excluding carboxylic acids is 1. The number of carboxylic acid groups (broad SMARTS) is 1. The fraction of sp³-hybridized carbons (Fsp3) is 0.500. The molecule has 1 aliphatic rings. The number of rotatable bonds is 7. The van der Waals surface area contributed by atoms with Gasteiger partial charge in [-0.3, -0.25) is 9.59 Å². The van der Waals surface area contributed by atoms with E-state index in [1.807, 2.05) is 0 Å². The Hall–Kier alpha value is -2.13. The number of piperidine rings is 1. The fourth-order valence-corrected chi connectivity index (χ4v) is 4.29. The van der Waals surface area contributed by atoms with Gasteiger partial charge in [-0.15, -0.1) is 0 Å². The van der Waals surface area contributed by atoms with Gasteiger partial charge in [0.15, 0.2) is 0 Å². The summed E-state index contributed by atoms with van der Waals surface area (Å²) in [6.45, 7) is 0.308. The second-order valence-electron chi connectivity index (χ2n) is 5.61. The third kappa shape index (κ3) is 4.70. The molecular weight excluding hydrogens is 350 g/mol. The van der Waals surface area contributed by atoms with Crippen LogP contribution < -0.4 is 4.74 Å². The molecule has 0 bridgehead atoms. The van der Waals surface area contributed by atoms with Crippen LogP contribution in [0.15, 0.2) is 29.2 Å². The zero-order chi connectivity index (χ0) is 18.4. The van der Waals surface area contributed by atoms with Gasteiger partial charge in [-0.2, -0.15) is 4.31 Å². The van der Waals surface area contributed by atoms with Gasteiger partial charge in [-0.25, -0.2) is 8.42 Å². The highest BCUT2D eigenvalue weighted by Gasteiger charge is 2.37. The Balaban J connectivity index is 2.09. The van der Waals surface area contributed by atoms with Crippen LogP contribution in [0.2, 0.25) is 0 Å². The van der Waals surface area contributed by atoms with Crippen molar-refractivity contribution in [3.63, 3.8) is 0 Å². The molecule has 0 aliphatic carbocycles. The number of hydrogen-bond acceptors (Lipinski definition) is 6. The van der Waals surface area contributed by atoms with Crippen molar-refractivity contribution in [2.24, 2.45) is 0 Å². The number of methoxy groups -OCH3 is 1. The van der Waals surface area contributed by atoms with Crippen LogP contribution in [0.25, 0.3) is 0 Å². The Morgan fingerprint density at radius 1 is 1.24 bits per heavy atom. The van der Waals surface area contributed by atoms with E-state index in [-0.39, 0.29) is 24.5 Å². The van der Waals surface area contributed by atoms with Crippen LogP contribution in [0.4, 0.5) is 0 Å². The molecule has 8 nitrogen and oxygen atoms in total. The summed E-state index contributed by atoms with van der Waals surface area (Å²) in [6.07, 6.45) is 1.72. The standard InChI is InChI=1S/C16H21NO7S/c1-23-15(18)9-11-24-12-5-7-13(8-6-12)25(21,22)17-10-3-2-4-14(17)16(19)20/h5-8,14H,2-4,9-11H2,1H3,(H,19,20). The zero-order valence-corrected chi connectivity index (χ0v) is 14.7. The van der Waals surface area contributed by atoms with Crippen LogP contribution >= 0.6 is 0 Å². The predicted molar refractivity (Wildman–Crippen MR) is 87.7 cm³/mol. The van der Waals surface area contributed by atoms with E-state index in [1.165, 1.54) is 31.4 Å². The minimum atomic E-state index is -3.89. The molecule has 0 amide bonds. The lowest BCUT2D eigenvalue weighted by Gasteiger charge is -2.31. The third-order valence-corrected chi connectivity index (χ3v) is 5.89. The first kappa shape index (κ1) is 19.2. The van der Waals surface area contributed by atoms with Gasteiger partial charge in [-0.1, -0.05) is 0 Å². The molecule has 0 saturated carbocycles. The summed E-state index contributed by atoms with van der Waals surface area (Å²) >= 11 is 0. The molecule has 1 N–H and O–H groups in total. The van der Waals surface area contributed by atoms with E-state index in [4.69, 9.17) is 4.74 Å². The molecule has 1 fully saturated rings. The summed E-state index contributed by atoms with van der Waals surface area (Å²) in [7, 11) is -2.60. The summed E-state index contributed by atoms with van der Waals surface area (Å²) < 4.78 is 36.3. The highest BCUT2D eigenvalue weighted by molar-refractivity contribution is 7.89. The smallest absolute Gasteiger partial charge is 0.322 e. The molecule has 9 heteroatoms. The van der Waals surface area contributed by atoms with Gasteiger partial charge < -0.3 is 14.6 Å². The molecule has 138 valence electrons. The fourth-order valence-electron chi connectivity index (χ4n) is 2.64. The molecule has 1 atom stereocenters. The maximum atomic E-state index is 12.7. The topological polar surface area (TPSA) is 110 Å². The van der Waals surface area contributed by atoms with Crippen molar-refractivity contribution in [2.45, 2.75) is 36.6 Å². The van der Waals surface area contributed by atoms with Crippen LogP contribution in [0.1, 0.15) is 25.7 Å². The molecule has 1 aromatic rings. The quantitative estimate of drug-likeness (QED) is 0.718. The molecule has 2 rings (SSSR count). The van der Waals surface area contributed by atoms with Gasteiger partial charge in [0.1, 0.15) is 11.8 Å². The van der Waals surface area contributed by atoms with E-state index in [0.717, 1.165) is 4.31 Å². The van der Waals surface area contributed by atoms with E-state index < -0.39 is 28.0 Å². The van der Waals surface area contributed by atoms with Crippen molar-refractivity contribution in [2.75, 3.05) is 20.3 Å². The lowest BCUT2D eigenvalue weighted by Crippen LogP contribution is -2.47. The van der Waals surface area contributed by atoms with Gasteiger partial charge >= 0.3 is 11.9 Å². The normalized spacial score (nSPS) is 18.5. The minimum Gasteiger partial charge on any atom is -0.493 e. The zero-order valence-electron chi connectivity index (χ0n) is 13.9. The van der Waals surface area contributed by atoms with Gasteiger partial charge in [0.2, 0.25) is 10.0 Å². The number of hydrogen-bond donors (Lipinski definition) is 1.